The highest BCUT2D eigenvalue weighted by Crippen LogP contribution is 2.31. The number of aromatic nitrogens is 1. The van der Waals surface area contributed by atoms with E-state index in [1.54, 1.807) is 4.90 Å². The van der Waals surface area contributed by atoms with E-state index in [2.05, 4.69) is 4.98 Å². The van der Waals surface area contributed by atoms with Crippen molar-refractivity contribution in [2.75, 3.05) is 26.3 Å². The van der Waals surface area contributed by atoms with Crippen LogP contribution in [0.2, 0.25) is 0 Å². The van der Waals surface area contributed by atoms with Crippen LogP contribution in [-0.2, 0) is 20.7 Å². The molecule has 1 spiro atoms. The van der Waals surface area contributed by atoms with Crippen molar-refractivity contribution in [3.05, 3.63) is 41.9 Å². The molecule has 0 unspecified atom stereocenters. The van der Waals surface area contributed by atoms with Gasteiger partial charge in [0, 0.05) is 44.8 Å². The van der Waals surface area contributed by atoms with Crippen molar-refractivity contribution in [1.29, 1.82) is 0 Å². The van der Waals surface area contributed by atoms with Crippen LogP contribution in [0.25, 0.3) is 11.3 Å². The Kier molecular flexibility index (Phi) is 4.92. The molecule has 2 saturated heterocycles. The minimum Gasteiger partial charge on any atom is -0.441 e. The van der Waals surface area contributed by atoms with Crippen molar-refractivity contribution in [3.63, 3.8) is 0 Å². The summed E-state index contributed by atoms with van der Waals surface area (Å²) in [6, 6.07) is 3.25. The summed E-state index contributed by atoms with van der Waals surface area (Å²) in [6.07, 6.45) is 3.30. The molecule has 2 aliphatic heterocycles. The predicted octanol–water partition coefficient (Wildman–Crippen LogP) is 2.92. The van der Waals surface area contributed by atoms with Gasteiger partial charge in [-0.1, -0.05) is 0 Å². The number of nitrogens with zero attached hydrogens (tertiary/aromatic N) is 2. The van der Waals surface area contributed by atoms with Crippen LogP contribution in [0.1, 0.15) is 25.2 Å². The van der Waals surface area contributed by atoms with E-state index < -0.39 is 17.4 Å². The van der Waals surface area contributed by atoms with Crippen molar-refractivity contribution in [1.82, 2.24) is 9.88 Å². The van der Waals surface area contributed by atoms with Crippen LogP contribution >= 0.6 is 0 Å². The van der Waals surface area contributed by atoms with Gasteiger partial charge in [0.05, 0.1) is 25.0 Å². The standard InChI is InChI=1S/C19H20F2N2O4/c20-13-1-2-14(15(21)11-13)16-12-22-17(27-16)3-4-18(24)23-7-5-19(6-8-23)25-9-10-26-19/h1-2,11-12H,3-10H2. The van der Waals surface area contributed by atoms with Gasteiger partial charge in [-0.25, -0.2) is 13.8 Å². The van der Waals surface area contributed by atoms with E-state index in [4.69, 9.17) is 13.9 Å². The molecular weight excluding hydrogens is 358 g/mol. The molecular formula is C19H20F2N2O4. The second-order valence-corrected chi connectivity index (χ2v) is 6.73. The number of carbonyl (C=O) groups excluding carboxylic acids is 1. The number of hydrogen-bond donors (Lipinski definition) is 0. The van der Waals surface area contributed by atoms with Crippen LogP contribution in [-0.4, -0.2) is 47.9 Å². The molecule has 0 aliphatic carbocycles. The zero-order valence-electron chi connectivity index (χ0n) is 14.7. The monoisotopic (exact) mass is 378 g/mol. The second-order valence-electron chi connectivity index (χ2n) is 6.73. The fourth-order valence-corrected chi connectivity index (χ4v) is 3.49. The number of hydrogen-bond acceptors (Lipinski definition) is 5. The number of piperidine rings is 1. The van der Waals surface area contributed by atoms with Gasteiger partial charge in [0.25, 0.3) is 0 Å². The molecule has 4 rings (SSSR count). The Bertz CT molecular complexity index is 823. The molecule has 1 amide bonds. The van der Waals surface area contributed by atoms with Crippen molar-refractivity contribution < 1.29 is 27.5 Å². The third-order valence-electron chi connectivity index (χ3n) is 4.99. The van der Waals surface area contributed by atoms with Crippen LogP contribution < -0.4 is 0 Å². The number of aryl methyl sites for hydroxylation is 1. The Morgan fingerprint density at radius 3 is 2.63 bits per heavy atom. The molecule has 2 fully saturated rings. The smallest absolute Gasteiger partial charge is 0.223 e. The Morgan fingerprint density at radius 2 is 1.93 bits per heavy atom. The van der Waals surface area contributed by atoms with E-state index in [9.17, 15) is 13.6 Å². The summed E-state index contributed by atoms with van der Waals surface area (Å²) in [5, 5.41) is 0. The van der Waals surface area contributed by atoms with Gasteiger partial charge < -0.3 is 18.8 Å². The number of rotatable bonds is 4. The molecule has 1 aromatic heterocycles. The van der Waals surface area contributed by atoms with Gasteiger partial charge in [-0.2, -0.15) is 0 Å². The first-order chi connectivity index (χ1) is 13.0. The first kappa shape index (κ1) is 18.1. The van der Waals surface area contributed by atoms with Crippen LogP contribution in [0, 0.1) is 11.6 Å². The minimum absolute atomic E-state index is 0.00978. The summed E-state index contributed by atoms with van der Waals surface area (Å²) in [5.41, 5.74) is 0.138. The lowest BCUT2D eigenvalue weighted by Crippen LogP contribution is -2.47. The first-order valence-electron chi connectivity index (χ1n) is 9.00. The Morgan fingerprint density at radius 1 is 1.19 bits per heavy atom. The van der Waals surface area contributed by atoms with E-state index in [0.717, 1.165) is 12.1 Å². The first-order valence-corrected chi connectivity index (χ1v) is 9.00. The largest absolute Gasteiger partial charge is 0.441 e. The molecule has 6 nitrogen and oxygen atoms in total. The third-order valence-corrected chi connectivity index (χ3v) is 4.99. The van der Waals surface area contributed by atoms with Gasteiger partial charge in [0.1, 0.15) is 11.6 Å². The lowest BCUT2D eigenvalue weighted by molar-refractivity contribution is -0.187. The van der Waals surface area contributed by atoms with Gasteiger partial charge in [0.15, 0.2) is 17.4 Å². The normalized spacial score (nSPS) is 19.0. The molecule has 2 aliphatic rings. The molecule has 0 radical (unpaired) electrons. The Labute approximate surface area is 155 Å². The lowest BCUT2D eigenvalue weighted by atomic mass is 10.0. The van der Waals surface area contributed by atoms with Gasteiger partial charge in [-0.15, -0.1) is 0 Å². The molecule has 2 aromatic rings. The van der Waals surface area contributed by atoms with Crippen molar-refractivity contribution in [2.45, 2.75) is 31.5 Å². The average molecular weight is 378 g/mol. The Hall–Kier alpha value is -2.32. The zero-order chi connectivity index (χ0) is 18.9. The topological polar surface area (TPSA) is 64.8 Å². The molecule has 1 aromatic carbocycles. The van der Waals surface area contributed by atoms with E-state index in [1.807, 2.05) is 0 Å². The number of ether oxygens (including phenoxy) is 2. The molecule has 27 heavy (non-hydrogen) atoms. The average Bonchev–Trinajstić information content (AvgIpc) is 3.30. The summed E-state index contributed by atoms with van der Waals surface area (Å²) in [6.45, 7) is 2.40. The molecule has 3 heterocycles. The van der Waals surface area contributed by atoms with Crippen LogP contribution in [0.3, 0.4) is 0 Å². The van der Waals surface area contributed by atoms with Gasteiger partial charge in [0.2, 0.25) is 5.91 Å². The molecule has 0 N–H and O–H groups in total. The fraction of sp³-hybridized carbons (Fsp3) is 0.474. The number of amides is 1. The van der Waals surface area contributed by atoms with E-state index in [-0.39, 0.29) is 23.7 Å². The Balaban J connectivity index is 1.31. The fourth-order valence-electron chi connectivity index (χ4n) is 3.49. The predicted molar refractivity (Wildman–Crippen MR) is 90.6 cm³/mol. The van der Waals surface area contributed by atoms with Crippen molar-refractivity contribution in [3.8, 4) is 11.3 Å². The van der Waals surface area contributed by atoms with Crippen LogP contribution in [0.4, 0.5) is 8.78 Å². The van der Waals surface area contributed by atoms with E-state index in [0.29, 0.717) is 51.5 Å². The number of benzene rings is 1. The minimum atomic E-state index is -0.715. The molecule has 0 atom stereocenters. The summed E-state index contributed by atoms with van der Waals surface area (Å²) < 4.78 is 43.7. The molecule has 144 valence electrons. The molecule has 8 heteroatoms. The quantitative estimate of drug-likeness (QED) is 0.819. The van der Waals surface area contributed by atoms with Gasteiger partial charge in [-0.3, -0.25) is 4.79 Å². The maximum Gasteiger partial charge on any atom is 0.223 e. The zero-order valence-corrected chi connectivity index (χ0v) is 14.7. The van der Waals surface area contributed by atoms with Gasteiger partial charge in [-0.05, 0) is 12.1 Å². The van der Waals surface area contributed by atoms with Crippen molar-refractivity contribution >= 4 is 5.91 Å². The number of likely N-dealkylation sites (tertiary alicyclic amines) is 1. The lowest BCUT2D eigenvalue weighted by Gasteiger charge is -2.37. The highest BCUT2D eigenvalue weighted by molar-refractivity contribution is 5.76. The molecule has 0 saturated carbocycles. The summed E-state index contributed by atoms with van der Waals surface area (Å²) in [7, 11) is 0. The number of halogens is 2. The number of oxazole rings is 1. The highest BCUT2D eigenvalue weighted by atomic mass is 19.1. The SMILES string of the molecule is O=C(CCc1ncc(-c2ccc(F)cc2F)o1)N1CCC2(CC1)OCCO2. The number of carbonyl (C=O) groups is 1. The summed E-state index contributed by atoms with van der Waals surface area (Å²) in [4.78, 5) is 18.3. The highest BCUT2D eigenvalue weighted by Gasteiger charge is 2.40. The third kappa shape index (κ3) is 3.86. The van der Waals surface area contributed by atoms with Crippen molar-refractivity contribution in [2.24, 2.45) is 0 Å². The van der Waals surface area contributed by atoms with Crippen LogP contribution in [0.5, 0.6) is 0 Å². The summed E-state index contributed by atoms with van der Waals surface area (Å²) >= 11 is 0. The maximum atomic E-state index is 13.8. The maximum absolute atomic E-state index is 13.8. The van der Waals surface area contributed by atoms with Gasteiger partial charge >= 0.3 is 0 Å². The molecule has 0 bridgehead atoms. The van der Waals surface area contributed by atoms with Crippen LogP contribution in [0.15, 0.2) is 28.8 Å². The van der Waals surface area contributed by atoms with E-state index >= 15 is 0 Å². The summed E-state index contributed by atoms with van der Waals surface area (Å²) in [5.74, 6) is -1.31. The van der Waals surface area contributed by atoms with E-state index in [1.165, 1.54) is 12.3 Å². The second kappa shape index (κ2) is 7.36.